The topological polar surface area (TPSA) is 38.3 Å². The first-order chi connectivity index (χ1) is 10.8. The summed E-state index contributed by atoms with van der Waals surface area (Å²) in [7, 11) is 0. The maximum Gasteiger partial charge on any atom is 0.418 e. The van der Waals surface area contributed by atoms with Crippen LogP contribution in [-0.4, -0.2) is 12.5 Å². The first-order valence-corrected chi connectivity index (χ1v) is 7.52. The number of rotatable bonds is 4. The number of ether oxygens (including phenoxy) is 1. The summed E-state index contributed by atoms with van der Waals surface area (Å²) >= 11 is 3.23. The summed E-state index contributed by atoms with van der Waals surface area (Å²) in [5.41, 5.74) is -1.05. The standard InChI is InChI=1S/C16H13BrF3NO2/c1-2-23-14-8-7-10(17)9-11(14)15(22)21-13-6-4-3-5-12(13)16(18,19)20/h3-9H,2H2,1H3,(H,21,22). The molecule has 0 atom stereocenters. The molecule has 0 spiro atoms. The minimum Gasteiger partial charge on any atom is -0.493 e. The fraction of sp³-hybridized carbons (Fsp3) is 0.188. The van der Waals surface area contributed by atoms with Gasteiger partial charge < -0.3 is 10.1 Å². The first kappa shape index (κ1) is 17.3. The van der Waals surface area contributed by atoms with Gasteiger partial charge >= 0.3 is 6.18 Å². The lowest BCUT2D eigenvalue weighted by atomic mass is 10.1. The number of halogens is 4. The Morgan fingerprint density at radius 1 is 1.22 bits per heavy atom. The molecule has 0 aliphatic rings. The van der Waals surface area contributed by atoms with Crippen molar-refractivity contribution in [1.29, 1.82) is 0 Å². The van der Waals surface area contributed by atoms with Gasteiger partial charge in [0, 0.05) is 4.47 Å². The fourth-order valence-corrected chi connectivity index (χ4v) is 2.35. The van der Waals surface area contributed by atoms with Crippen molar-refractivity contribution in [2.24, 2.45) is 0 Å². The fourth-order valence-electron chi connectivity index (χ4n) is 1.99. The molecule has 1 N–H and O–H groups in total. The van der Waals surface area contributed by atoms with Crippen LogP contribution in [0.3, 0.4) is 0 Å². The van der Waals surface area contributed by atoms with E-state index in [1.807, 2.05) is 0 Å². The zero-order valence-electron chi connectivity index (χ0n) is 12.1. The molecule has 0 unspecified atom stereocenters. The Bertz CT molecular complexity index is 717. The molecule has 3 nitrogen and oxygen atoms in total. The molecule has 0 radical (unpaired) electrons. The number of hydrogen-bond acceptors (Lipinski definition) is 2. The lowest BCUT2D eigenvalue weighted by Crippen LogP contribution is -2.17. The van der Waals surface area contributed by atoms with Gasteiger partial charge in [0.1, 0.15) is 5.75 Å². The summed E-state index contributed by atoms with van der Waals surface area (Å²) in [5, 5.41) is 2.30. The van der Waals surface area contributed by atoms with E-state index in [4.69, 9.17) is 4.74 Å². The monoisotopic (exact) mass is 387 g/mol. The van der Waals surface area contributed by atoms with Crippen LogP contribution < -0.4 is 10.1 Å². The van der Waals surface area contributed by atoms with Crippen molar-refractivity contribution in [2.45, 2.75) is 13.1 Å². The Balaban J connectivity index is 2.36. The molecule has 0 aliphatic carbocycles. The second-order valence-electron chi connectivity index (χ2n) is 4.57. The normalized spacial score (nSPS) is 11.2. The number of nitrogens with one attached hydrogen (secondary N) is 1. The molecule has 2 rings (SSSR count). The number of carbonyl (C=O) groups excluding carboxylic acids is 1. The first-order valence-electron chi connectivity index (χ1n) is 6.73. The number of anilines is 1. The Morgan fingerprint density at radius 3 is 2.57 bits per heavy atom. The van der Waals surface area contributed by atoms with Gasteiger partial charge in [-0.15, -0.1) is 0 Å². The number of para-hydroxylation sites is 1. The Labute approximate surface area is 139 Å². The highest BCUT2D eigenvalue weighted by Gasteiger charge is 2.33. The molecule has 0 heterocycles. The minimum absolute atomic E-state index is 0.151. The van der Waals surface area contributed by atoms with Crippen molar-refractivity contribution in [3.05, 3.63) is 58.1 Å². The number of amides is 1. The number of benzene rings is 2. The maximum absolute atomic E-state index is 13.0. The molecule has 2 aromatic rings. The molecule has 0 aromatic heterocycles. The van der Waals surface area contributed by atoms with E-state index in [2.05, 4.69) is 21.2 Å². The van der Waals surface area contributed by atoms with E-state index in [9.17, 15) is 18.0 Å². The lowest BCUT2D eigenvalue weighted by molar-refractivity contribution is -0.136. The van der Waals surface area contributed by atoms with Crippen LogP contribution in [0.4, 0.5) is 18.9 Å². The summed E-state index contributed by atoms with van der Waals surface area (Å²) in [6.45, 7) is 2.09. The highest BCUT2D eigenvalue weighted by atomic mass is 79.9. The van der Waals surface area contributed by atoms with E-state index in [0.717, 1.165) is 6.07 Å². The molecule has 23 heavy (non-hydrogen) atoms. The predicted octanol–water partition coefficient (Wildman–Crippen LogP) is 5.12. The minimum atomic E-state index is -4.55. The van der Waals surface area contributed by atoms with E-state index in [1.165, 1.54) is 24.3 Å². The van der Waals surface area contributed by atoms with Crippen LogP contribution in [0.5, 0.6) is 5.75 Å². The highest BCUT2D eigenvalue weighted by molar-refractivity contribution is 9.10. The van der Waals surface area contributed by atoms with Crippen molar-refractivity contribution in [3.8, 4) is 5.75 Å². The number of hydrogen-bond donors (Lipinski definition) is 1. The number of alkyl halides is 3. The highest BCUT2D eigenvalue weighted by Crippen LogP contribution is 2.35. The van der Waals surface area contributed by atoms with Gasteiger partial charge in [0.05, 0.1) is 23.4 Å². The molecular formula is C16H13BrF3NO2. The second kappa shape index (κ2) is 7.04. The number of carbonyl (C=O) groups is 1. The third-order valence-corrected chi connectivity index (χ3v) is 3.46. The average Bonchev–Trinajstić information content (AvgIpc) is 2.48. The van der Waals surface area contributed by atoms with Gasteiger partial charge in [0.15, 0.2) is 0 Å². The summed E-state index contributed by atoms with van der Waals surface area (Å²) in [4.78, 5) is 12.4. The molecule has 7 heteroatoms. The molecule has 122 valence electrons. The van der Waals surface area contributed by atoms with E-state index in [0.29, 0.717) is 16.8 Å². The van der Waals surface area contributed by atoms with Crippen LogP contribution in [0.1, 0.15) is 22.8 Å². The van der Waals surface area contributed by atoms with Crippen LogP contribution >= 0.6 is 15.9 Å². The molecule has 1 amide bonds. The Kier molecular flexibility index (Phi) is 5.30. The summed E-state index contributed by atoms with van der Waals surface area (Å²) in [5.74, 6) is -0.371. The van der Waals surface area contributed by atoms with Crippen molar-refractivity contribution in [1.82, 2.24) is 0 Å². The molecular weight excluding hydrogens is 375 g/mol. The van der Waals surface area contributed by atoms with E-state index >= 15 is 0 Å². The summed E-state index contributed by atoms with van der Waals surface area (Å²) in [6, 6.07) is 9.58. The van der Waals surface area contributed by atoms with Gasteiger partial charge in [0.25, 0.3) is 5.91 Å². The van der Waals surface area contributed by atoms with E-state index < -0.39 is 17.6 Å². The van der Waals surface area contributed by atoms with Gasteiger partial charge in [-0.3, -0.25) is 4.79 Å². The van der Waals surface area contributed by atoms with Gasteiger partial charge in [-0.2, -0.15) is 13.2 Å². The SMILES string of the molecule is CCOc1ccc(Br)cc1C(=O)Nc1ccccc1C(F)(F)F. The lowest BCUT2D eigenvalue weighted by Gasteiger charge is -2.15. The third-order valence-electron chi connectivity index (χ3n) is 2.97. The van der Waals surface area contributed by atoms with Crippen molar-refractivity contribution in [3.63, 3.8) is 0 Å². The van der Waals surface area contributed by atoms with Crippen molar-refractivity contribution >= 4 is 27.5 Å². The molecule has 2 aromatic carbocycles. The zero-order chi connectivity index (χ0) is 17.0. The van der Waals surface area contributed by atoms with Crippen LogP contribution in [0.2, 0.25) is 0 Å². The largest absolute Gasteiger partial charge is 0.493 e. The summed E-state index contributed by atoms with van der Waals surface area (Å²) < 4.78 is 44.9. The van der Waals surface area contributed by atoms with Crippen LogP contribution in [0, 0.1) is 0 Å². The zero-order valence-corrected chi connectivity index (χ0v) is 13.7. The third kappa shape index (κ3) is 4.25. The average molecular weight is 388 g/mol. The smallest absolute Gasteiger partial charge is 0.418 e. The van der Waals surface area contributed by atoms with Gasteiger partial charge in [-0.1, -0.05) is 28.1 Å². The molecule has 0 bridgehead atoms. The molecule has 0 saturated heterocycles. The predicted molar refractivity (Wildman–Crippen MR) is 84.7 cm³/mol. The van der Waals surface area contributed by atoms with Crippen LogP contribution in [0.25, 0.3) is 0 Å². The van der Waals surface area contributed by atoms with Gasteiger partial charge in [-0.25, -0.2) is 0 Å². The maximum atomic E-state index is 13.0. The van der Waals surface area contributed by atoms with Crippen molar-refractivity contribution < 1.29 is 22.7 Å². The van der Waals surface area contributed by atoms with Crippen LogP contribution in [0.15, 0.2) is 46.9 Å². The van der Waals surface area contributed by atoms with Gasteiger partial charge in [0.2, 0.25) is 0 Å². The Hall–Kier alpha value is -2.02. The van der Waals surface area contributed by atoms with Crippen molar-refractivity contribution in [2.75, 3.05) is 11.9 Å². The summed E-state index contributed by atoms with van der Waals surface area (Å²) in [6.07, 6.45) is -4.55. The molecule has 0 aliphatic heterocycles. The van der Waals surface area contributed by atoms with Gasteiger partial charge in [-0.05, 0) is 37.3 Å². The Morgan fingerprint density at radius 2 is 1.91 bits per heavy atom. The van der Waals surface area contributed by atoms with Crippen LogP contribution in [-0.2, 0) is 6.18 Å². The van der Waals surface area contributed by atoms with E-state index in [-0.39, 0.29) is 11.3 Å². The second-order valence-corrected chi connectivity index (χ2v) is 5.49. The molecule has 0 fully saturated rings. The van der Waals surface area contributed by atoms with E-state index in [1.54, 1.807) is 19.1 Å². The molecule has 0 saturated carbocycles. The quantitative estimate of drug-likeness (QED) is 0.790.